The highest BCUT2D eigenvalue weighted by Crippen LogP contribution is 2.07. The van der Waals surface area contributed by atoms with Gasteiger partial charge in [0.05, 0.1) is 6.04 Å². The van der Waals surface area contributed by atoms with Crippen molar-refractivity contribution >= 4 is 24.1 Å². The molecule has 1 fully saturated rings. The minimum absolute atomic E-state index is 0.189. The second-order valence-electron chi connectivity index (χ2n) is 5.23. The third-order valence-corrected chi connectivity index (χ3v) is 3.45. The van der Waals surface area contributed by atoms with Crippen LogP contribution in [-0.4, -0.2) is 66.0 Å². The Labute approximate surface area is 134 Å². The topological polar surface area (TPSA) is 161 Å². The Hall–Kier alpha value is -2.20. The molecule has 0 unspecified atom stereocenters. The van der Waals surface area contributed by atoms with Crippen molar-refractivity contribution < 1.29 is 19.6 Å². The maximum atomic E-state index is 12.1. The first-order valence-corrected chi connectivity index (χ1v) is 7.42. The fourth-order valence-electron chi connectivity index (χ4n) is 2.29. The largest absolute Gasteiger partial charge is 0.370 e. The van der Waals surface area contributed by atoms with Crippen molar-refractivity contribution in [2.45, 2.75) is 37.8 Å². The number of hydroxylamine groups is 2. The highest BCUT2D eigenvalue weighted by Gasteiger charge is 2.29. The summed E-state index contributed by atoms with van der Waals surface area (Å²) in [4.78, 5) is 34.5. The lowest BCUT2D eigenvalue weighted by atomic mass is 10.1. The molecule has 1 saturated heterocycles. The Kier molecular flexibility index (Phi) is 7.98. The number of nitrogens with two attached hydrogens (primary N) is 1. The summed E-state index contributed by atoms with van der Waals surface area (Å²) in [6, 6.07) is -1.32. The second-order valence-corrected chi connectivity index (χ2v) is 5.23. The standard InChI is InChI=1S/C13H23N6O4/c14-13(15)17-6-2-4-10(12(22)19(23)7-8-20)18-11(21)9-3-1-5-16-9/h9-10,16,23H,1-7H2,(H,18,21)(H4,14,15,17)/t9-,10-/m0/s1. The predicted molar refractivity (Wildman–Crippen MR) is 81.3 cm³/mol. The molecular formula is C13H23N6O4. The van der Waals surface area contributed by atoms with Crippen molar-refractivity contribution in [2.75, 3.05) is 19.6 Å². The van der Waals surface area contributed by atoms with Gasteiger partial charge in [0.1, 0.15) is 12.6 Å². The smallest absolute Gasteiger partial charge is 0.268 e. The number of guanidine groups is 1. The molecule has 10 heteroatoms. The van der Waals surface area contributed by atoms with Gasteiger partial charge in [0.2, 0.25) is 12.2 Å². The van der Waals surface area contributed by atoms with Gasteiger partial charge in [-0.3, -0.25) is 25.0 Å². The van der Waals surface area contributed by atoms with E-state index in [0.717, 1.165) is 13.0 Å². The quantitative estimate of drug-likeness (QED) is 0.0922. The molecule has 0 bridgehead atoms. The van der Waals surface area contributed by atoms with Crippen LogP contribution in [0.1, 0.15) is 25.7 Å². The van der Waals surface area contributed by atoms with E-state index < -0.39 is 18.5 Å². The Morgan fingerprint density at radius 2 is 2.26 bits per heavy atom. The Balaban J connectivity index is 2.58. The normalized spacial score (nSPS) is 18.0. The Bertz CT molecular complexity index is 438. The molecule has 23 heavy (non-hydrogen) atoms. The van der Waals surface area contributed by atoms with Crippen molar-refractivity contribution in [1.82, 2.24) is 21.0 Å². The zero-order valence-corrected chi connectivity index (χ0v) is 12.8. The average molecular weight is 327 g/mol. The van der Waals surface area contributed by atoms with E-state index in [4.69, 9.17) is 11.1 Å². The Morgan fingerprint density at radius 1 is 1.52 bits per heavy atom. The molecule has 0 spiro atoms. The summed E-state index contributed by atoms with van der Waals surface area (Å²) in [6.07, 6.45) is 3.65. The SMILES string of the molecule is N=C(N)NCCC[C@H](NC(=O)[C@@H]1CCCN1)C(=O)N(O)C[C]=O. The maximum Gasteiger partial charge on any atom is 0.268 e. The van der Waals surface area contributed by atoms with Crippen LogP contribution in [0.3, 0.4) is 0 Å². The van der Waals surface area contributed by atoms with Crippen LogP contribution < -0.4 is 21.7 Å². The maximum absolute atomic E-state index is 12.1. The molecule has 1 radical (unpaired) electrons. The molecule has 1 aliphatic rings. The molecule has 7 N–H and O–H groups in total. The van der Waals surface area contributed by atoms with Gasteiger partial charge in [0, 0.05) is 6.54 Å². The van der Waals surface area contributed by atoms with Gasteiger partial charge in [-0.25, -0.2) is 5.06 Å². The van der Waals surface area contributed by atoms with E-state index in [2.05, 4.69) is 16.0 Å². The van der Waals surface area contributed by atoms with Crippen LogP contribution in [0.4, 0.5) is 0 Å². The number of amides is 2. The minimum Gasteiger partial charge on any atom is -0.370 e. The van der Waals surface area contributed by atoms with Crippen molar-refractivity contribution in [2.24, 2.45) is 5.73 Å². The first kappa shape index (κ1) is 18.8. The molecule has 0 aromatic heterocycles. The number of rotatable bonds is 9. The molecule has 1 aliphatic heterocycles. The molecule has 2 atom stereocenters. The molecule has 129 valence electrons. The first-order valence-electron chi connectivity index (χ1n) is 7.42. The fraction of sp³-hybridized carbons (Fsp3) is 0.692. The summed E-state index contributed by atoms with van der Waals surface area (Å²) >= 11 is 0. The van der Waals surface area contributed by atoms with Crippen LogP contribution in [0, 0.1) is 5.41 Å². The first-order chi connectivity index (χ1) is 11.0. The minimum atomic E-state index is -0.961. The summed E-state index contributed by atoms with van der Waals surface area (Å²) < 4.78 is 0. The zero-order chi connectivity index (χ0) is 17.2. The van der Waals surface area contributed by atoms with E-state index in [1.807, 2.05) is 0 Å². The van der Waals surface area contributed by atoms with E-state index >= 15 is 0 Å². The number of nitrogens with zero attached hydrogens (tertiary/aromatic N) is 1. The molecule has 0 aromatic rings. The van der Waals surface area contributed by atoms with Crippen LogP contribution in [0.5, 0.6) is 0 Å². The van der Waals surface area contributed by atoms with Crippen LogP contribution in [-0.2, 0) is 14.4 Å². The number of hydrogen-bond donors (Lipinski definition) is 6. The van der Waals surface area contributed by atoms with Gasteiger partial charge in [-0.1, -0.05) is 0 Å². The number of hydrogen-bond acceptors (Lipinski definition) is 6. The zero-order valence-electron chi connectivity index (χ0n) is 12.8. The van der Waals surface area contributed by atoms with Gasteiger partial charge in [0.25, 0.3) is 5.91 Å². The third-order valence-electron chi connectivity index (χ3n) is 3.45. The summed E-state index contributed by atoms with van der Waals surface area (Å²) in [6.45, 7) is 0.506. The summed E-state index contributed by atoms with van der Waals surface area (Å²) in [7, 11) is 0. The van der Waals surface area contributed by atoms with Crippen molar-refractivity contribution in [1.29, 1.82) is 5.41 Å². The summed E-state index contributed by atoms with van der Waals surface area (Å²) in [5.74, 6) is -1.28. The van der Waals surface area contributed by atoms with Crippen molar-refractivity contribution in [3.63, 3.8) is 0 Å². The second kappa shape index (κ2) is 9.74. The van der Waals surface area contributed by atoms with Gasteiger partial charge in [-0.15, -0.1) is 0 Å². The van der Waals surface area contributed by atoms with Crippen LogP contribution in [0.15, 0.2) is 0 Å². The molecular weight excluding hydrogens is 304 g/mol. The molecule has 1 rings (SSSR count). The lowest BCUT2D eigenvalue weighted by Crippen LogP contribution is -2.52. The highest BCUT2D eigenvalue weighted by molar-refractivity contribution is 5.90. The van der Waals surface area contributed by atoms with E-state index in [1.165, 1.54) is 6.29 Å². The lowest BCUT2D eigenvalue weighted by Gasteiger charge is -2.23. The van der Waals surface area contributed by atoms with E-state index in [0.29, 0.717) is 19.4 Å². The van der Waals surface area contributed by atoms with Gasteiger partial charge in [0.15, 0.2) is 5.96 Å². The molecule has 1 heterocycles. The van der Waals surface area contributed by atoms with Gasteiger partial charge >= 0.3 is 0 Å². The molecule has 0 aliphatic carbocycles. The fourth-order valence-corrected chi connectivity index (χ4v) is 2.29. The van der Waals surface area contributed by atoms with E-state index in [1.54, 1.807) is 0 Å². The Morgan fingerprint density at radius 3 is 2.83 bits per heavy atom. The monoisotopic (exact) mass is 327 g/mol. The van der Waals surface area contributed by atoms with Crippen molar-refractivity contribution in [3.8, 4) is 0 Å². The number of carbonyl (C=O) groups is 2. The summed E-state index contributed by atoms with van der Waals surface area (Å²) in [5.41, 5.74) is 5.16. The lowest BCUT2D eigenvalue weighted by molar-refractivity contribution is -0.165. The number of nitrogens with one attached hydrogen (secondary N) is 4. The summed E-state index contributed by atoms with van der Waals surface area (Å²) in [5, 5.41) is 25.0. The van der Waals surface area contributed by atoms with Crippen LogP contribution in [0.2, 0.25) is 0 Å². The van der Waals surface area contributed by atoms with Gasteiger partial charge in [-0.2, -0.15) is 0 Å². The van der Waals surface area contributed by atoms with Crippen molar-refractivity contribution in [3.05, 3.63) is 0 Å². The van der Waals surface area contributed by atoms with Gasteiger partial charge in [-0.05, 0) is 32.2 Å². The van der Waals surface area contributed by atoms with E-state index in [9.17, 15) is 19.6 Å². The van der Waals surface area contributed by atoms with Crippen LogP contribution >= 0.6 is 0 Å². The number of carbonyl (C=O) groups excluding carboxylic acids is 3. The predicted octanol–water partition coefficient (Wildman–Crippen LogP) is -2.19. The molecule has 0 aromatic carbocycles. The van der Waals surface area contributed by atoms with E-state index in [-0.39, 0.29) is 29.4 Å². The average Bonchev–Trinajstić information content (AvgIpc) is 3.03. The molecule has 2 amide bonds. The highest BCUT2D eigenvalue weighted by atomic mass is 16.5. The third kappa shape index (κ3) is 6.61. The van der Waals surface area contributed by atoms with Gasteiger partial charge < -0.3 is 21.7 Å². The molecule has 10 nitrogen and oxygen atoms in total. The molecule has 0 saturated carbocycles. The van der Waals surface area contributed by atoms with Crippen LogP contribution in [0.25, 0.3) is 0 Å².